The Morgan fingerprint density at radius 3 is 1.24 bits per heavy atom. The maximum Gasteiger partial charge on any atom is 0.309 e. The largest absolute Gasteiger partial charge is 0.466 e. The van der Waals surface area contributed by atoms with Crippen LogP contribution in [0, 0.1) is 11.8 Å². The molecule has 0 bridgehead atoms. The summed E-state index contributed by atoms with van der Waals surface area (Å²) in [6.45, 7) is 5.04. The third kappa shape index (κ3) is 7.26. The standard InChI is InChI=1S/C28H36N2O9S2/c1-3-37-27(31)21-13-17-29(18-14-21)40(33,34)25-9-5-23(6-10-25)39-24-7-11-26(12-8-24)41(35,36)30-19-15-22(16-20-30)28(32)38-4-2/h5-12,21-22H,3-4,13-20H2,1-2H3. The van der Waals surface area contributed by atoms with E-state index < -0.39 is 20.0 Å². The Labute approximate surface area is 241 Å². The fraction of sp³-hybridized carbons (Fsp3) is 0.500. The molecule has 0 amide bonds. The molecule has 0 saturated carbocycles. The molecular formula is C28H36N2O9S2. The molecule has 0 spiro atoms. The summed E-state index contributed by atoms with van der Waals surface area (Å²) in [5.41, 5.74) is 0. The van der Waals surface area contributed by atoms with Gasteiger partial charge in [0.2, 0.25) is 20.0 Å². The fourth-order valence-corrected chi connectivity index (χ4v) is 7.92. The summed E-state index contributed by atoms with van der Waals surface area (Å²) in [6, 6.07) is 12.0. The zero-order valence-electron chi connectivity index (χ0n) is 23.2. The monoisotopic (exact) mass is 608 g/mol. The van der Waals surface area contributed by atoms with E-state index in [0.29, 0.717) is 50.4 Å². The van der Waals surface area contributed by atoms with Crippen LogP contribution in [0.5, 0.6) is 11.5 Å². The predicted octanol–water partition coefficient (Wildman–Crippen LogP) is 3.41. The van der Waals surface area contributed by atoms with E-state index in [1.54, 1.807) is 13.8 Å². The number of esters is 2. The Morgan fingerprint density at radius 1 is 0.634 bits per heavy atom. The lowest BCUT2D eigenvalue weighted by molar-refractivity contribution is -0.150. The van der Waals surface area contributed by atoms with Crippen molar-refractivity contribution < 1.29 is 40.6 Å². The second kappa shape index (κ2) is 13.3. The summed E-state index contributed by atoms with van der Waals surface area (Å²) >= 11 is 0. The molecule has 224 valence electrons. The van der Waals surface area contributed by atoms with Gasteiger partial charge in [-0.2, -0.15) is 8.61 Å². The summed E-state index contributed by atoms with van der Waals surface area (Å²) in [7, 11) is -7.46. The maximum absolute atomic E-state index is 13.1. The highest BCUT2D eigenvalue weighted by atomic mass is 32.2. The highest BCUT2D eigenvalue weighted by Gasteiger charge is 2.34. The Hall–Kier alpha value is -3.00. The molecule has 0 radical (unpaired) electrons. The third-order valence-electron chi connectivity index (χ3n) is 7.31. The first-order valence-electron chi connectivity index (χ1n) is 13.8. The van der Waals surface area contributed by atoms with Gasteiger partial charge in [0.1, 0.15) is 11.5 Å². The number of rotatable bonds is 10. The van der Waals surface area contributed by atoms with Gasteiger partial charge in [-0.1, -0.05) is 0 Å². The lowest BCUT2D eigenvalue weighted by atomic mass is 9.98. The van der Waals surface area contributed by atoms with Crippen LogP contribution < -0.4 is 4.74 Å². The summed E-state index contributed by atoms with van der Waals surface area (Å²) < 4.78 is 71.0. The minimum Gasteiger partial charge on any atom is -0.466 e. The highest BCUT2D eigenvalue weighted by molar-refractivity contribution is 7.89. The van der Waals surface area contributed by atoms with Crippen LogP contribution in [-0.4, -0.2) is 76.8 Å². The summed E-state index contributed by atoms with van der Waals surface area (Å²) in [6.07, 6.45) is 1.65. The Bertz CT molecular complexity index is 1300. The van der Waals surface area contributed by atoms with Crippen molar-refractivity contribution in [2.24, 2.45) is 11.8 Å². The van der Waals surface area contributed by atoms with Gasteiger partial charge in [-0.3, -0.25) is 9.59 Å². The maximum atomic E-state index is 13.1. The number of nitrogens with zero attached hydrogens (tertiary/aromatic N) is 2. The van der Waals surface area contributed by atoms with Crippen LogP contribution in [0.25, 0.3) is 0 Å². The number of ether oxygens (including phenoxy) is 3. The molecule has 11 nitrogen and oxygen atoms in total. The van der Waals surface area contributed by atoms with E-state index in [-0.39, 0.29) is 59.7 Å². The first-order valence-corrected chi connectivity index (χ1v) is 16.7. The van der Waals surface area contributed by atoms with Crippen molar-refractivity contribution in [3.63, 3.8) is 0 Å². The van der Waals surface area contributed by atoms with Crippen molar-refractivity contribution in [3.05, 3.63) is 48.5 Å². The van der Waals surface area contributed by atoms with Crippen LogP contribution in [0.1, 0.15) is 39.5 Å². The van der Waals surface area contributed by atoms with Gasteiger partial charge in [0, 0.05) is 26.2 Å². The van der Waals surface area contributed by atoms with Crippen molar-refractivity contribution in [1.29, 1.82) is 0 Å². The number of sulfonamides is 2. The first-order chi connectivity index (χ1) is 19.6. The molecule has 2 heterocycles. The van der Waals surface area contributed by atoms with Gasteiger partial charge < -0.3 is 14.2 Å². The Balaban J connectivity index is 1.33. The lowest BCUT2D eigenvalue weighted by Crippen LogP contribution is -2.40. The molecule has 0 N–H and O–H groups in total. The number of carbonyl (C=O) groups excluding carboxylic acids is 2. The molecule has 13 heteroatoms. The number of carbonyl (C=O) groups is 2. The third-order valence-corrected chi connectivity index (χ3v) is 11.1. The zero-order chi connectivity index (χ0) is 29.6. The molecule has 0 aromatic heterocycles. The number of hydrogen-bond acceptors (Lipinski definition) is 9. The van der Waals surface area contributed by atoms with Gasteiger partial charge in [-0.25, -0.2) is 16.8 Å². The molecule has 0 atom stereocenters. The molecule has 0 aliphatic carbocycles. The van der Waals surface area contributed by atoms with Crippen LogP contribution in [0.4, 0.5) is 0 Å². The topological polar surface area (TPSA) is 137 Å². The smallest absolute Gasteiger partial charge is 0.309 e. The number of hydrogen-bond donors (Lipinski definition) is 0. The normalized spacial score (nSPS) is 18.1. The van der Waals surface area contributed by atoms with E-state index >= 15 is 0 Å². The average Bonchev–Trinajstić information content (AvgIpc) is 2.98. The fourth-order valence-electron chi connectivity index (χ4n) is 4.98. The van der Waals surface area contributed by atoms with Crippen molar-refractivity contribution in [2.75, 3.05) is 39.4 Å². The van der Waals surface area contributed by atoms with Crippen LogP contribution in [0.3, 0.4) is 0 Å². The van der Waals surface area contributed by atoms with Crippen LogP contribution in [0.15, 0.2) is 58.3 Å². The highest BCUT2D eigenvalue weighted by Crippen LogP contribution is 2.29. The van der Waals surface area contributed by atoms with Crippen LogP contribution in [-0.2, 0) is 39.1 Å². The van der Waals surface area contributed by atoms with E-state index in [9.17, 15) is 26.4 Å². The predicted molar refractivity (Wildman–Crippen MR) is 149 cm³/mol. The second-order valence-corrected chi connectivity index (χ2v) is 13.8. The molecular weight excluding hydrogens is 572 g/mol. The van der Waals surface area contributed by atoms with Gasteiger partial charge in [0.25, 0.3) is 0 Å². The summed E-state index contributed by atoms with van der Waals surface area (Å²) in [4.78, 5) is 24.1. The summed E-state index contributed by atoms with van der Waals surface area (Å²) in [5.74, 6) is -0.368. The molecule has 0 unspecified atom stereocenters. The number of piperidine rings is 2. The molecule has 2 aromatic carbocycles. The van der Waals surface area contributed by atoms with E-state index in [2.05, 4.69) is 0 Å². The van der Waals surface area contributed by atoms with Crippen molar-refractivity contribution in [3.8, 4) is 11.5 Å². The van der Waals surface area contributed by atoms with Gasteiger partial charge in [-0.05, 0) is 88.1 Å². The van der Waals surface area contributed by atoms with Gasteiger partial charge in [0.05, 0.1) is 34.8 Å². The van der Waals surface area contributed by atoms with E-state index in [4.69, 9.17) is 14.2 Å². The van der Waals surface area contributed by atoms with Gasteiger partial charge >= 0.3 is 11.9 Å². The van der Waals surface area contributed by atoms with Crippen molar-refractivity contribution in [2.45, 2.75) is 49.3 Å². The Morgan fingerprint density at radius 2 is 0.951 bits per heavy atom. The average molecular weight is 609 g/mol. The summed E-state index contributed by atoms with van der Waals surface area (Å²) in [5, 5.41) is 0. The molecule has 2 aromatic rings. The van der Waals surface area contributed by atoms with E-state index in [0.717, 1.165) is 0 Å². The first kappa shape index (κ1) is 30.9. The van der Waals surface area contributed by atoms with Crippen LogP contribution in [0.2, 0.25) is 0 Å². The molecule has 2 saturated heterocycles. The number of benzene rings is 2. The molecule has 2 aliphatic heterocycles. The second-order valence-electron chi connectivity index (χ2n) is 9.91. The molecule has 41 heavy (non-hydrogen) atoms. The molecule has 2 fully saturated rings. The van der Waals surface area contributed by atoms with Gasteiger partial charge in [-0.15, -0.1) is 0 Å². The molecule has 4 rings (SSSR count). The van der Waals surface area contributed by atoms with Crippen molar-refractivity contribution in [1.82, 2.24) is 8.61 Å². The minimum absolute atomic E-state index is 0.118. The van der Waals surface area contributed by atoms with Crippen LogP contribution >= 0.6 is 0 Å². The molecule has 2 aliphatic rings. The zero-order valence-corrected chi connectivity index (χ0v) is 24.9. The van der Waals surface area contributed by atoms with E-state index in [1.807, 2.05) is 0 Å². The van der Waals surface area contributed by atoms with Crippen molar-refractivity contribution >= 4 is 32.0 Å². The SMILES string of the molecule is CCOC(=O)C1CCN(S(=O)(=O)c2ccc(Oc3ccc(S(=O)(=O)N4CCC(C(=O)OCC)CC4)cc3)cc2)CC1. The van der Waals surface area contributed by atoms with Gasteiger partial charge in [0.15, 0.2) is 0 Å². The minimum atomic E-state index is -3.73. The quantitative estimate of drug-likeness (QED) is 0.372. The van der Waals surface area contributed by atoms with E-state index in [1.165, 1.54) is 57.1 Å². The lowest BCUT2D eigenvalue weighted by Gasteiger charge is -2.30. The Kier molecular flexibility index (Phi) is 10.1.